The average Bonchev–Trinajstić information content (AvgIpc) is 3.19. The molecule has 6 nitrogen and oxygen atoms in total. The number of hydrogen-bond acceptors (Lipinski definition) is 6. The Balaban J connectivity index is 1.65. The third-order valence-electron chi connectivity index (χ3n) is 5.41. The molecule has 1 saturated carbocycles. The fourth-order valence-electron chi connectivity index (χ4n) is 4.10. The maximum absolute atomic E-state index is 10.3. The van der Waals surface area contributed by atoms with Crippen LogP contribution in [-0.2, 0) is 10.3 Å². The highest BCUT2D eigenvalue weighted by Crippen LogP contribution is 2.37. The summed E-state index contributed by atoms with van der Waals surface area (Å²) in [6.45, 7) is 5.87. The summed E-state index contributed by atoms with van der Waals surface area (Å²) in [5.41, 5.74) is 2.95. The van der Waals surface area contributed by atoms with E-state index in [-0.39, 0.29) is 0 Å². The van der Waals surface area contributed by atoms with Crippen LogP contribution in [0.5, 0.6) is 0 Å². The summed E-state index contributed by atoms with van der Waals surface area (Å²) in [6.07, 6.45) is 6.35. The fraction of sp³-hybridized carbons (Fsp3) is 0.474. The molecule has 4 rings (SSSR count). The van der Waals surface area contributed by atoms with E-state index < -0.39 is 12.7 Å². The van der Waals surface area contributed by atoms with E-state index in [0.717, 1.165) is 35.1 Å². The lowest BCUT2D eigenvalue weighted by Crippen LogP contribution is -2.30. The molecule has 0 radical (unpaired) electrons. The Kier molecular flexibility index (Phi) is 4.78. The van der Waals surface area contributed by atoms with E-state index in [4.69, 9.17) is 16.3 Å². The third-order valence-corrected chi connectivity index (χ3v) is 5.68. The molecule has 1 fully saturated rings. The van der Waals surface area contributed by atoms with Gasteiger partial charge >= 0.3 is 7.12 Å². The molecule has 0 unspecified atom stereocenters. The van der Waals surface area contributed by atoms with Crippen molar-refractivity contribution in [2.45, 2.75) is 58.1 Å². The van der Waals surface area contributed by atoms with Crippen molar-refractivity contribution in [1.29, 1.82) is 0 Å². The van der Waals surface area contributed by atoms with Gasteiger partial charge in [-0.05, 0) is 45.1 Å². The van der Waals surface area contributed by atoms with Gasteiger partial charge in [-0.3, -0.25) is 0 Å². The zero-order chi connectivity index (χ0) is 19.2. The molecule has 0 spiro atoms. The van der Waals surface area contributed by atoms with E-state index in [0.29, 0.717) is 22.8 Å². The van der Waals surface area contributed by atoms with Crippen LogP contribution in [-0.4, -0.2) is 28.2 Å². The molecule has 27 heavy (non-hydrogen) atoms. The van der Waals surface area contributed by atoms with Crippen molar-refractivity contribution in [1.82, 2.24) is 9.97 Å². The SMILES string of the molecule is Cc1ccc(Nc2ncc(Cl)c(NC3CCCC3)n2)c2c1B(O)OC2(C)C. The lowest BCUT2D eigenvalue weighted by atomic mass is 9.75. The van der Waals surface area contributed by atoms with Crippen LogP contribution in [0.15, 0.2) is 18.3 Å². The van der Waals surface area contributed by atoms with E-state index in [9.17, 15) is 5.02 Å². The Labute approximate surface area is 164 Å². The summed E-state index contributed by atoms with van der Waals surface area (Å²) in [5, 5.41) is 17.6. The summed E-state index contributed by atoms with van der Waals surface area (Å²) in [4.78, 5) is 8.90. The van der Waals surface area contributed by atoms with E-state index in [2.05, 4.69) is 20.6 Å². The second-order valence-corrected chi connectivity index (χ2v) is 8.25. The summed E-state index contributed by atoms with van der Waals surface area (Å²) < 4.78 is 5.75. The number of aromatic nitrogens is 2. The zero-order valence-corrected chi connectivity index (χ0v) is 16.6. The van der Waals surface area contributed by atoms with Crippen molar-refractivity contribution in [2.24, 2.45) is 0 Å². The molecule has 2 heterocycles. The van der Waals surface area contributed by atoms with Crippen molar-refractivity contribution < 1.29 is 9.68 Å². The minimum Gasteiger partial charge on any atom is -0.423 e. The second kappa shape index (κ2) is 6.97. The third kappa shape index (κ3) is 3.51. The van der Waals surface area contributed by atoms with Crippen LogP contribution in [0, 0.1) is 6.92 Å². The highest BCUT2D eigenvalue weighted by Gasteiger charge is 2.43. The molecule has 1 aliphatic carbocycles. The Morgan fingerprint density at radius 3 is 2.78 bits per heavy atom. The molecule has 1 aromatic carbocycles. The van der Waals surface area contributed by atoms with Crippen molar-refractivity contribution >= 4 is 41.6 Å². The van der Waals surface area contributed by atoms with Crippen LogP contribution < -0.4 is 16.1 Å². The van der Waals surface area contributed by atoms with Crippen molar-refractivity contribution in [2.75, 3.05) is 10.6 Å². The first-order chi connectivity index (χ1) is 12.8. The van der Waals surface area contributed by atoms with Gasteiger partial charge in [0, 0.05) is 17.3 Å². The molecule has 0 amide bonds. The van der Waals surface area contributed by atoms with Gasteiger partial charge in [-0.1, -0.05) is 36.1 Å². The monoisotopic (exact) mass is 386 g/mol. The molecule has 0 saturated heterocycles. The smallest absolute Gasteiger partial charge is 0.423 e. The number of nitrogens with one attached hydrogen (secondary N) is 2. The largest absolute Gasteiger partial charge is 0.492 e. The van der Waals surface area contributed by atoms with Crippen LogP contribution in [0.25, 0.3) is 0 Å². The number of anilines is 3. The normalized spacial score (nSPS) is 18.6. The number of nitrogens with zero attached hydrogens (tertiary/aromatic N) is 2. The van der Waals surface area contributed by atoms with Gasteiger partial charge in [0.05, 0.1) is 11.8 Å². The number of rotatable bonds is 4. The van der Waals surface area contributed by atoms with Crippen molar-refractivity contribution in [3.8, 4) is 0 Å². The molecule has 2 aromatic rings. The van der Waals surface area contributed by atoms with Gasteiger partial charge in [0.2, 0.25) is 5.95 Å². The van der Waals surface area contributed by atoms with Crippen LogP contribution >= 0.6 is 11.6 Å². The number of halogens is 1. The molecule has 1 aliphatic heterocycles. The van der Waals surface area contributed by atoms with E-state index in [1.807, 2.05) is 32.9 Å². The van der Waals surface area contributed by atoms with Crippen LogP contribution in [0.1, 0.15) is 50.7 Å². The maximum Gasteiger partial charge on any atom is 0.492 e. The molecule has 3 N–H and O–H groups in total. The minimum absolute atomic E-state index is 0.413. The van der Waals surface area contributed by atoms with Gasteiger partial charge in [-0.2, -0.15) is 4.98 Å². The predicted molar refractivity (Wildman–Crippen MR) is 109 cm³/mol. The van der Waals surface area contributed by atoms with Crippen LogP contribution in [0.4, 0.5) is 17.5 Å². The Morgan fingerprint density at radius 2 is 2.04 bits per heavy atom. The topological polar surface area (TPSA) is 79.3 Å². The summed E-state index contributed by atoms with van der Waals surface area (Å²) in [7, 11) is -0.928. The molecule has 0 bridgehead atoms. The zero-order valence-electron chi connectivity index (χ0n) is 15.8. The summed E-state index contributed by atoms with van der Waals surface area (Å²) >= 11 is 6.29. The number of fused-ring (bicyclic) bond motifs is 1. The first-order valence-corrected chi connectivity index (χ1v) is 9.79. The molecular formula is C19H24BClN4O2. The Hall–Kier alpha value is -1.83. The summed E-state index contributed by atoms with van der Waals surface area (Å²) in [5.74, 6) is 1.11. The van der Waals surface area contributed by atoms with Gasteiger partial charge in [-0.15, -0.1) is 0 Å². The van der Waals surface area contributed by atoms with Gasteiger partial charge in [0.15, 0.2) is 5.82 Å². The molecular weight excluding hydrogens is 363 g/mol. The van der Waals surface area contributed by atoms with Crippen molar-refractivity contribution in [3.05, 3.63) is 34.5 Å². The lowest BCUT2D eigenvalue weighted by Gasteiger charge is -2.23. The standard InChI is InChI=1S/C19H24BClN4O2/c1-11-8-9-14(15-16(11)20(26)27-19(15,2)3)24-18-22-10-13(21)17(25-18)23-12-6-4-5-7-12/h8-10,12,26H,4-7H2,1-3H3,(H2,22,23,24,25). The maximum atomic E-state index is 10.3. The average molecular weight is 387 g/mol. The number of benzene rings is 1. The Morgan fingerprint density at radius 1 is 1.30 bits per heavy atom. The first kappa shape index (κ1) is 18.5. The Bertz CT molecular complexity index is 871. The van der Waals surface area contributed by atoms with Gasteiger partial charge in [0.1, 0.15) is 5.02 Å². The molecule has 0 atom stereocenters. The van der Waals surface area contributed by atoms with Crippen LogP contribution in [0.3, 0.4) is 0 Å². The highest BCUT2D eigenvalue weighted by atomic mass is 35.5. The number of aryl methyl sites for hydroxylation is 1. The lowest BCUT2D eigenvalue weighted by molar-refractivity contribution is 0.101. The molecule has 142 valence electrons. The van der Waals surface area contributed by atoms with E-state index in [1.165, 1.54) is 12.8 Å². The fourth-order valence-corrected chi connectivity index (χ4v) is 4.25. The molecule has 2 aliphatic rings. The van der Waals surface area contributed by atoms with Crippen LogP contribution in [0.2, 0.25) is 5.02 Å². The molecule has 8 heteroatoms. The van der Waals surface area contributed by atoms with Gasteiger partial charge < -0.3 is 20.3 Å². The summed E-state index contributed by atoms with van der Waals surface area (Å²) in [6, 6.07) is 4.35. The van der Waals surface area contributed by atoms with E-state index in [1.54, 1.807) is 6.20 Å². The first-order valence-electron chi connectivity index (χ1n) is 9.41. The van der Waals surface area contributed by atoms with Crippen molar-refractivity contribution in [3.63, 3.8) is 0 Å². The predicted octanol–water partition coefficient (Wildman–Crippen LogP) is 3.49. The minimum atomic E-state index is -0.928. The van der Waals surface area contributed by atoms with Gasteiger partial charge in [-0.25, -0.2) is 4.98 Å². The molecule has 1 aromatic heterocycles. The number of hydrogen-bond donors (Lipinski definition) is 3. The van der Waals surface area contributed by atoms with E-state index >= 15 is 0 Å². The quantitative estimate of drug-likeness (QED) is 0.698. The highest BCUT2D eigenvalue weighted by molar-refractivity contribution is 6.62. The second-order valence-electron chi connectivity index (χ2n) is 7.84. The van der Waals surface area contributed by atoms with Gasteiger partial charge in [0.25, 0.3) is 0 Å².